The lowest BCUT2D eigenvalue weighted by atomic mass is 9.88. The minimum absolute atomic E-state index is 0.567. The third-order valence-electron chi connectivity index (χ3n) is 3.78. The summed E-state index contributed by atoms with van der Waals surface area (Å²) in [6, 6.07) is 16.0. The molecular weight excluding hydrogens is 280 g/mol. The number of rotatable bonds is 4. The summed E-state index contributed by atoms with van der Waals surface area (Å²) in [6.45, 7) is 1.84. The van der Waals surface area contributed by atoms with Crippen molar-refractivity contribution in [1.29, 1.82) is 0 Å². The number of methoxy groups -OCH3 is 1. The topological polar surface area (TPSA) is 29.5 Å². The molecular formula is C18H18O2S. The average Bonchev–Trinajstić information content (AvgIpc) is 2.90. The van der Waals surface area contributed by atoms with Gasteiger partial charge < -0.3 is 9.84 Å². The number of aliphatic hydroxyl groups is 1. The molecule has 0 fully saturated rings. The van der Waals surface area contributed by atoms with E-state index < -0.39 is 5.60 Å². The molecule has 0 aliphatic heterocycles. The zero-order chi connectivity index (χ0) is 14.9. The molecule has 0 aliphatic carbocycles. The van der Waals surface area contributed by atoms with E-state index in [9.17, 15) is 5.11 Å². The third kappa shape index (κ3) is 2.67. The van der Waals surface area contributed by atoms with E-state index in [1.807, 2.05) is 43.3 Å². The first-order chi connectivity index (χ1) is 10.1. The van der Waals surface area contributed by atoms with Crippen molar-refractivity contribution in [2.75, 3.05) is 7.11 Å². The Labute approximate surface area is 128 Å². The van der Waals surface area contributed by atoms with Crippen LogP contribution in [0, 0.1) is 0 Å². The van der Waals surface area contributed by atoms with Gasteiger partial charge in [0.05, 0.1) is 12.7 Å². The fraction of sp³-hybridized carbons (Fsp3) is 0.222. The van der Waals surface area contributed by atoms with Crippen LogP contribution in [0.25, 0.3) is 10.1 Å². The summed E-state index contributed by atoms with van der Waals surface area (Å²) in [6.07, 6.45) is 0.567. The first kappa shape index (κ1) is 14.1. The number of thiophene rings is 1. The summed E-state index contributed by atoms with van der Waals surface area (Å²) < 4.78 is 6.63. The van der Waals surface area contributed by atoms with Crippen LogP contribution in [0.15, 0.2) is 53.9 Å². The van der Waals surface area contributed by atoms with Crippen molar-refractivity contribution in [3.8, 4) is 5.75 Å². The van der Waals surface area contributed by atoms with E-state index in [2.05, 4.69) is 17.5 Å². The Bertz CT molecular complexity index is 759. The van der Waals surface area contributed by atoms with E-state index in [-0.39, 0.29) is 0 Å². The lowest BCUT2D eigenvalue weighted by molar-refractivity contribution is 0.0554. The van der Waals surface area contributed by atoms with E-state index in [1.165, 1.54) is 15.6 Å². The van der Waals surface area contributed by atoms with Crippen molar-refractivity contribution < 1.29 is 9.84 Å². The highest BCUT2D eigenvalue weighted by Gasteiger charge is 2.27. The molecule has 0 bridgehead atoms. The van der Waals surface area contributed by atoms with Gasteiger partial charge in [-0.25, -0.2) is 0 Å². The molecule has 3 heteroatoms. The Morgan fingerprint density at radius 1 is 1.10 bits per heavy atom. The zero-order valence-electron chi connectivity index (χ0n) is 12.2. The smallest absolute Gasteiger partial charge is 0.124 e. The second kappa shape index (κ2) is 5.51. The highest BCUT2D eigenvalue weighted by Crippen LogP contribution is 2.35. The standard InChI is InChI=1S/C18H18O2S/c1-18(19,15-8-4-5-9-16(15)20-2)11-13-12-21-17-10-6-3-7-14(13)17/h3-10,12,19H,11H2,1-2H3. The molecule has 0 saturated carbocycles. The first-order valence-electron chi connectivity index (χ1n) is 6.93. The molecule has 1 heterocycles. The van der Waals surface area contributed by atoms with Gasteiger partial charge >= 0.3 is 0 Å². The SMILES string of the molecule is COc1ccccc1C(C)(O)Cc1csc2ccccc12. The second-order valence-electron chi connectivity index (χ2n) is 5.41. The van der Waals surface area contributed by atoms with Crippen molar-refractivity contribution in [3.63, 3.8) is 0 Å². The number of para-hydroxylation sites is 1. The van der Waals surface area contributed by atoms with Gasteiger partial charge in [-0.1, -0.05) is 36.4 Å². The first-order valence-corrected chi connectivity index (χ1v) is 7.81. The van der Waals surface area contributed by atoms with E-state index in [1.54, 1.807) is 18.4 Å². The van der Waals surface area contributed by atoms with Gasteiger partial charge in [-0.3, -0.25) is 0 Å². The Hall–Kier alpha value is -1.84. The van der Waals surface area contributed by atoms with Gasteiger partial charge in [-0.15, -0.1) is 11.3 Å². The van der Waals surface area contributed by atoms with Crippen LogP contribution in [0.4, 0.5) is 0 Å². The molecule has 1 atom stereocenters. The predicted molar refractivity (Wildman–Crippen MR) is 88.1 cm³/mol. The average molecular weight is 298 g/mol. The normalized spacial score (nSPS) is 14.0. The molecule has 0 aliphatic rings. The molecule has 2 nitrogen and oxygen atoms in total. The van der Waals surface area contributed by atoms with E-state index in [4.69, 9.17) is 4.74 Å². The van der Waals surface area contributed by atoms with Gasteiger partial charge in [-0.2, -0.15) is 0 Å². The predicted octanol–water partition coefficient (Wildman–Crippen LogP) is 4.36. The Morgan fingerprint density at radius 3 is 2.62 bits per heavy atom. The van der Waals surface area contributed by atoms with Crippen molar-refractivity contribution in [2.45, 2.75) is 18.9 Å². The number of hydrogen-bond donors (Lipinski definition) is 1. The monoisotopic (exact) mass is 298 g/mol. The van der Waals surface area contributed by atoms with Gasteiger partial charge in [0.25, 0.3) is 0 Å². The van der Waals surface area contributed by atoms with Crippen LogP contribution < -0.4 is 4.74 Å². The summed E-state index contributed by atoms with van der Waals surface area (Å²) in [5.74, 6) is 0.724. The lowest BCUT2D eigenvalue weighted by Crippen LogP contribution is -2.24. The minimum atomic E-state index is -0.962. The van der Waals surface area contributed by atoms with Crippen molar-refractivity contribution in [1.82, 2.24) is 0 Å². The van der Waals surface area contributed by atoms with Crippen molar-refractivity contribution in [3.05, 3.63) is 65.0 Å². The van der Waals surface area contributed by atoms with Crippen LogP contribution in [-0.4, -0.2) is 12.2 Å². The second-order valence-corrected chi connectivity index (χ2v) is 6.32. The van der Waals surface area contributed by atoms with Crippen molar-refractivity contribution >= 4 is 21.4 Å². The highest BCUT2D eigenvalue weighted by atomic mass is 32.1. The molecule has 0 saturated heterocycles. The van der Waals surface area contributed by atoms with Gasteiger partial charge in [-0.05, 0) is 35.4 Å². The van der Waals surface area contributed by atoms with E-state index >= 15 is 0 Å². The molecule has 21 heavy (non-hydrogen) atoms. The third-order valence-corrected chi connectivity index (χ3v) is 4.80. The van der Waals surface area contributed by atoms with Gasteiger partial charge in [0.1, 0.15) is 5.75 Å². The van der Waals surface area contributed by atoms with Crippen LogP contribution >= 0.6 is 11.3 Å². The fourth-order valence-electron chi connectivity index (χ4n) is 2.73. The number of hydrogen-bond acceptors (Lipinski definition) is 3. The minimum Gasteiger partial charge on any atom is -0.496 e. The maximum atomic E-state index is 11.0. The Balaban J connectivity index is 1.99. The summed E-state index contributed by atoms with van der Waals surface area (Å²) in [5, 5.41) is 14.3. The molecule has 0 spiro atoms. The maximum absolute atomic E-state index is 11.0. The molecule has 1 N–H and O–H groups in total. The number of benzene rings is 2. The van der Waals surface area contributed by atoms with E-state index in [0.29, 0.717) is 6.42 Å². The van der Waals surface area contributed by atoms with Crippen LogP contribution in [0.3, 0.4) is 0 Å². The van der Waals surface area contributed by atoms with Gasteiger partial charge in [0.15, 0.2) is 0 Å². The molecule has 0 radical (unpaired) electrons. The van der Waals surface area contributed by atoms with Gasteiger partial charge in [0.2, 0.25) is 0 Å². The summed E-state index contributed by atoms with van der Waals surface area (Å²) >= 11 is 1.72. The lowest BCUT2D eigenvalue weighted by Gasteiger charge is -2.25. The van der Waals surface area contributed by atoms with E-state index in [0.717, 1.165) is 11.3 Å². The molecule has 3 aromatic rings. The molecule has 2 aromatic carbocycles. The van der Waals surface area contributed by atoms with Crippen LogP contribution in [-0.2, 0) is 12.0 Å². The molecule has 108 valence electrons. The van der Waals surface area contributed by atoms with Crippen LogP contribution in [0.1, 0.15) is 18.1 Å². The van der Waals surface area contributed by atoms with Crippen molar-refractivity contribution in [2.24, 2.45) is 0 Å². The molecule has 0 amide bonds. The summed E-state index contributed by atoms with van der Waals surface area (Å²) in [5.41, 5.74) is 1.03. The summed E-state index contributed by atoms with van der Waals surface area (Å²) in [7, 11) is 1.63. The Morgan fingerprint density at radius 2 is 1.81 bits per heavy atom. The molecule has 1 unspecified atom stereocenters. The quantitative estimate of drug-likeness (QED) is 0.775. The fourth-order valence-corrected chi connectivity index (χ4v) is 3.69. The van der Waals surface area contributed by atoms with Gasteiger partial charge in [0, 0.05) is 16.7 Å². The maximum Gasteiger partial charge on any atom is 0.124 e. The summed E-state index contributed by atoms with van der Waals surface area (Å²) in [4.78, 5) is 0. The highest BCUT2D eigenvalue weighted by molar-refractivity contribution is 7.17. The zero-order valence-corrected chi connectivity index (χ0v) is 13.0. The molecule has 3 rings (SSSR count). The van der Waals surface area contributed by atoms with Crippen LogP contribution in [0.2, 0.25) is 0 Å². The number of fused-ring (bicyclic) bond motifs is 1. The largest absolute Gasteiger partial charge is 0.496 e. The molecule has 1 aromatic heterocycles. The number of ether oxygens (including phenoxy) is 1. The Kier molecular flexibility index (Phi) is 3.70. The van der Waals surface area contributed by atoms with Crippen LogP contribution in [0.5, 0.6) is 5.75 Å².